The Bertz CT molecular complexity index is 439. The lowest BCUT2D eigenvalue weighted by Crippen LogP contribution is -2.16. The van der Waals surface area contributed by atoms with E-state index in [1.165, 1.54) is 11.1 Å². The van der Waals surface area contributed by atoms with Crippen molar-refractivity contribution in [2.75, 3.05) is 14.2 Å². The van der Waals surface area contributed by atoms with E-state index in [2.05, 4.69) is 34.3 Å². The summed E-state index contributed by atoms with van der Waals surface area (Å²) < 4.78 is 5.24. The highest BCUT2D eigenvalue weighted by molar-refractivity contribution is 7.08. The van der Waals surface area contributed by atoms with Crippen molar-refractivity contribution in [2.24, 2.45) is 0 Å². The van der Waals surface area contributed by atoms with Crippen LogP contribution in [0.2, 0.25) is 0 Å². The average Bonchev–Trinajstić information content (AvgIpc) is 2.84. The van der Waals surface area contributed by atoms with E-state index < -0.39 is 0 Å². The fraction of sp³-hybridized carbons (Fsp3) is 0.231. The third-order valence-electron chi connectivity index (χ3n) is 2.59. The summed E-state index contributed by atoms with van der Waals surface area (Å²) in [5, 5.41) is 7.59. The molecule has 0 radical (unpaired) electrons. The highest BCUT2D eigenvalue weighted by Gasteiger charge is 2.12. The predicted octanol–water partition coefficient (Wildman–Crippen LogP) is 3.07. The average molecular weight is 233 g/mol. The van der Waals surface area contributed by atoms with Crippen LogP contribution in [0, 0.1) is 0 Å². The molecule has 0 aliphatic carbocycles. The summed E-state index contributed by atoms with van der Waals surface area (Å²) in [6.07, 6.45) is 0. The van der Waals surface area contributed by atoms with Crippen molar-refractivity contribution in [3.63, 3.8) is 0 Å². The molecule has 0 amide bonds. The van der Waals surface area contributed by atoms with Crippen LogP contribution in [0.1, 0.15) is 17.2 Å². The molecule has 84 valence electrons. The molecule has 1 atom stereocenters. The van der Waals surface area contributed by atoms with E-state index in [0.29, 0.717) is 0 Å². The predicted molar refractivity (Wildman–Crippen MR) is 68.2 cm³/mol. The molecule has 0 fully saturated rings. The molecule has 1 aromatic carbocycles. The van der Waals surface area contributed by atoms with Gasteiger partial charge in [0.15, 0.2) is 0 Å². The smallest absolute Gasteiger partial charge is 0.119 e. The zero-order chi connectivity index (χ0) is 11.4. The second kappa shape index (κ2) is 5.14. The molecule has 16 heavy (non-hydrogen) atoms. The Morgan fingerprint density at radius 3 is 2.75 bits per heavy atom. The van der Waals surface area contributed by atoms with Crippen LogP contribution >= 0.6 is 11.3 Å². The van der Waals surface area contributed by atoms with Gasteiger partial charge in [-0.2, -0.15) is 11.3 Å². The lowest BCUT2D eigenvalue weighted by molar-refractivity contribution is 0.414. The van der Waals surface area contributed by atoms with E-state index in [1.807, 2.05) is 19.2 Å². The zero-order valence-corrected chi connectivity index (χ0v) is 10.3. The van der Waals surface area contributed by atoms with Crippen LogP contribution in [-0.2, 0) is 0 Å². The van der Waals surface area contributed by atoms with Gasteiger partial charge in [0.1, 0.15) is 5.75 Å². The molecule has 2 nitrogen and oxygen atoms in total. The summed E-state index contributed by atoms with van der Waals surface area (Å²) in [5.41, 5.74) is 2.51. The SMILES string of the molecule is CNC(c1ccsc1)c1cccc(OC)c1. The Morgan fingerprint density at radius 1 is 1.25 bits per heavy atom. The van der Waals surface area contributed by atoms with E-state index in [0.717, 1.165) is 5.75 Å². The number of hydrogen-bond acceptors (Lipinski definition) is 3. The number of benzene rings is 1. The highest BCUT2D eigenvalue weighted by Crippen LogP contribution is 2.26. The molecule has 1 aromatic heterocycles. The van der Waals surface area contributed by atoms with Gasteiger partial charge in [0.25, 0.3) is 0 Å². The minimum absolute atomic E-state index is 0.237. The molecular weight excluding hydrogens is 218 g/mol. The number of ether oxygens (including phenoxy) is 1. The Kier molecular flexibility index (Phi) is 3.59. The van der Waals surface area contributed by atoms with E-state index in [9.17, 15) is 0 Å². The van der Waals surface area contributed by atoms with Crippen LogP contribution in [0.15, 0.2) is 41.1 Å². The first-order valence-corrected chi connectivity index (χ1v) is 6.12. The van der Waals surface area contributed by atoms with Gasteiger partial charge in [0.05, 0.1) is 13.2 Å². The van der Waals surface area contributed by atoms with Crippen molar-refractivity contribution in [2.45, 2.75) is 6.04 Å². The van der Waals surface area contributed by atoms with Crippen molar-refractivity contribution in [3.05, 3.63) is 52.2 Å². The number of rotatable bonds is 4. The van der Waals surface area contributed by atoms with Crippen molar-refractivity contribution in [1.29, 1.82) is 0 Å². The van der Waals surface area contributed by atoms with Crippen LogP contribution < -0.4 is 10.1 Å². The molecule has 0 aliphatic rings. The molecule has 1 unspecified atom stereocenters. The monoisotopic (exact) mass is 233 g/mol. The maximum Gasteiger partial charge on any atom is 0.119 e. The summed E-state index contributed by atoms with van der Waals surface area (Å²) in [7, 11) is 3.67. The largest absolute Gasteiger partial charge is 0.497 e. The maximum atomic E-state index is 5.24. The third kappa shape index (κ3) is 2.26. The van der Waals surface area contributed by atoms with Gasteiger partial charge in [0, 0.05) is 0 Å². The molecule has 2 rings (SSSR count). The van der Waals surface area contributed by atoms with E-state index >= 15 is 0 Å². The Labute approximate surface area is 99.9 Å². The standard InChI is InChI=1S/C13H15NOS/c1-14-13(11-6-7-16-9-11)10-4-3-5-12(8-10)15-2/h3-9,13-14H,1-2H3. The van der Waals surface area contributed by atoms with Gasteiger partial charge in [-0.3, -0.25) is 0 Å². The van der Waals surface area contributed by atoms with Crippen LogP contribution in [-0.4, -0.2) is 14.2 Å². The molecule has 1 heterocycles. The number of hydrogen-bond donors (Lipinski definition) is 1. The molecule has 0 bridgehead atoms. The fourth-order valence-corrected chi connectivity index (χ4v) is 2.47. The van der Waals surface area contributed by atoms with Crippen molar-refractivity contribution in [1.82, 2.24) is 5.32 Å². The molecule has 0 saturated heterocycles. The topological polar surface area (TPSA) is 21.3 Å². The van der Waals surface area contributed by atoms with Gasteiger partial charge < -0.3 is 10.1 Å². The third-order valence-corrected chi connectivity index (χ3v) is 3.29. The summed E-state index contributed by atoms with van der Waals surface area (Å²) in [5.74, 6) is 0.896. The number of methoxy groups -OCH3 is 1. The van der Waals surface area contributed by atoms with Crippen LogP contribution in [0.4, 0.5) is 0 Å². The highest BCUT2D eigenvalue weighted by atomic mass is 32.1. The molecule has 3 heteroatoms. The summed E-state index contributed by atoms with van der Waals surface area (Å²) in [6, 6.07) is 10.5. The van der Waals surface area contributed by atoms with Gasteiger partial charge >= 0.3 is 0 Å². The van der Waals surface area contributed by atoms with Crippen molar-refractivity contribution < 1.29 is 4.74 Å². The normalized spacial score (nSPS) is 12.4. The van der Waals surface area contributed by atoms with Crippen LogP contribution in [0.5, 0.6) is 5.75 Å². The number of thiophene rings is 1. The first-order chi connectivity index (χ1) is 7.85. The molecule has 0 spiro atoms. The van der Waals surface area contributed by atoms with E-state index in [1.54, 1.807) is 18.4 Å². The van der Waals surface area contributed by atoms with E-state index in [-0.39, 0.29) is 6.04 Å². The molecule has 0 aliphatic heterocycles. The lowest BCUT2D eigenvalue weighted by Gasteiger charge is -2.16. The molecule has 0 saturated carbocycles. The van der Waals surface area contributed by atoms with Crippen LogP contribution in [0.25, 0.3) is 0 Å². The fourth-order valence-electron chi connectivity index (χ4n) is 1.79. The quantitative estimate of drug-likeness (QED) is 0.876. The Morgan fingerprint density at radius 2 is 2.12 bits per heavy atom. The Balaban J connectivity index is 2.33. The van der Waals surface area contributed by atoms with Crippen LogP contribution in [0.3, 0.4) is 0 Å². The molecular formula is C13H15NOS. The zero-order valence-electron chi connectivity index (χ0n) is 9.44. The minimum atomic E-state index is 0.237. The summed E-state index contributed by atoms with van der Waals surface area (Å²) in [4.78, 5) is 0. The summed E-state index contributed by atoms with van der Waals surface area (Å²) in [6.45, 7) is 0. The van der Waals surface area contributed by atoms with Crippen molar-refractivity contribution >= 4 is 11.3 Å². The van der Waals surface area contributed by atoms with Gasteiger partial charge in [-0.25, -0.2) is 0 Å². The second-order valence-electron chi connectivity index (χ2n) is 3.55. The summed E-state index contributed by atoms with van der Waals surface area (Å²) >= 11 is 1.72. The van der Waals surface area contributed by atoms with Gasteiger partial charge in [-0.15, -0.1) is 0 Å². The van der Waals surface area contributed by atoms with Crippen molar-refractivity contribution in [3.8, 4) is 5.75 Å². The van der Waals surface area contributed by atoms with Gasteiger partial charge in [-0.05, 0) is 47.1 Å². The Hall–Kier alpha value is -1.32. The number of nitrogens with one attached hydrogen (secondary N) is 1. The van der Waals surface area contributed by atoms with Gasteiger partial charge in [0.2, 0.25) is 0 Å². The minimum Gasteiger partial charge on any atom is -0.497 e. The first-order valence-electron chi connectivity index (χ1n) is 5.18. The first kappa shape index (κ1) is 11.2. The second-order valence-corrected chi connectivity index (χ2v) is 4.34. The molecule has 2 aromatic rings. The maximum absolute atomic E-state index is 5.24. The molecule has 1 N–H and O–H groups in total. The van der Waals surface area contributed by atoms with E-state index in [4.69, 9.17) is 4.74 Å². The lowest BCUT2D eigenvalue weighted by atomic mass is 10.0. The van der Waals surface area contributed by atoms with Gasteiger partial charge in [-0.1, -0.05) is 12.1 Å².